The average Bonchev–Trinajstić information content (AvgIpc) is 2.51. The van der Waals surface area contributed by atoms with E-state index in [1.807, 2.05) is 0 Å². The van der Waals surface area contributed by atoms with Gasteiger partial charge in [0.15, 0.2) is 9.84 Å². The second-order valence-electron chi connectivity index (χ2n) is 5.63. The molecule has 1 heterocycles. The lowest BCUT2D eigenvalue weighted by atomic mass is 9.88. The molecule has 120 valence electrons. The number of primary amides is 1. The molecule has 1 aliphatic heterocycles. The molecule has 1 amide bonds. The molecule has 2 rings (SSSR count). The highest BCUT2D eigenvalue weighted by Gasteiger charge is 2.38. The SMILES string of the molecule is C[C@H]1C(N)=NC(C)(c2cc(C(N)=O)ccc2F)CCS1(=O)=O. The molecule has 4 N–H and O–H groups in total. The normalized spacial score (nSPS) is 27.8. The number of benzene rings is 1. The number of hydrogen-bond acceptors (Lipinski definition) is 5. The van der Waals surface area contributed by atoms with Crippen molar-refractivity contribution in [2.45, 2.75) is 31.1 Å². The van der Waals surface area contributed by atoms with Gasteiger partial charge < -0.3 is 11.5 Å². The van der Waals surface area contributed by atoms with Crippen LogP contribution in [0.5, 0.6) is 0 Å². The fourth-order valence-electron chi connectivity index (χ4n) is 2.42. The summed E-state index contributed by atoms with van der Waals surface area (Å²) >= 11 is 0. The zero-order chi connectivity index (χ0) is 16.7. The van der Waals surface area contributed by atoms with Crippen LogP contribution in [0.2, 0.25) is 0 Å². The lowest BCUT2D eigenvalue weighted by Crippen LogP contribution is -2.33. The van der Waals surface area contributed by atoms with Gasteiger partial charge in [-0.25, -0.2) is 12.8 Å². The Morgan fingerprint density at radius 2 is 2.09 bits per heavy atom. The number of nitrogens with two attached hydrogens (primary N) is 2. The molecule has 0 saturated heterocycles. The van der Waals surface area contributed by atoms with Crippen LogP contribution in [-0.2, 0) is 15.4 Å². The van der Waals surface area contributed by atoms with Crippen LogP contribution in [0.1, 0.15) is 36.2 Å². The molecule has 0 fully saturated rings. The number of sulfone groups is 1. The minimum Gasteiger partial charge on any atom is -0.386 e. The van der Waals surface area contributed by atoms with Gasteiger partial charge in [-0.2, -0.15) is 0 Å². The van der Waals surface area contributed by atoms with Crippen LogP contribution in [0.25, 0.3) is 0 Å². The number of aliphatic imine (C=N–C) groups is 1. The number of nitrogens with zero attached hydrogens (tertiary/aromatic N) is 1. The molecule has 2 atom stereocenters. The summed E-state index contributed by atoms with van der Waals surface area (Å²) in [5.74, 6) is -1.52. The van der Waals surface area contributed by atoms with E-state index in [4.69, 9.17) is 11.5 Å². The minimum absolute atomic E-state index is 0.0659. The molecule has 0 saturated carbocycles. The van der Waals surface area contributed by atoms with Gasteiger partial charge in [-0.3, -0.25) is 9.79 Å². The van der Waals surface area contributed by atoms with E-state index in [9.17, 15) is 17.6 Å². The molecular formula is C14H18FN3O3S. The topological polar surface area (TPSA) is 116 Å². The Labute approximate surface area is 128 Å². The van der Waals surface area contributed by atoms with Gasteiger partial charge in [-0.05, 0) is 38.5 Å². The first-order valence-electron chi connectivity index (χ1n) is 6.73. The van der Waals surface area contributed by atoms with Crippen LogP contribution < -0.4 is 11.5 Å². The molecule has 0 radical (unpaired) electrons. The monoisotopic (exact) mass is 327 g/mol. The zero-order valence-corrected chi connectivity index (χ0v) is 13.2. The Morgan fingerprint density at radius 3 is 2.68 bits per heavy atom. The summed E-state index contributed by atoms with van der Waals surface area (Å²) in [4.78, 5) is 15.5. The van der Waals surface area contributed by atoms with Crippen LogP contribution in [0, 0.1) is 5.82 Å². The molecule has 6 nitrogen and oxygen atoms in total. The third-order valence-electron chi connectivity index (χ3n) is 4.04. The minimum atomic E-state index is -3.44. The van der Waals surface area contributed by atoms with Crippen LogP contribution in [0.15, 0.2) is 23.2 Å². The standard InChI is InChI=1S/C14H18FN3O3S/c1-8-12(16)18-14(2,5-6-22(8,20)21)10-7-9(13(17)19)3-4-11(10)15/h3-4,7-8H,5-6H2,1-2H3,(H2,16,18)(H2,17,19)/t8-,14?/m0/s1. The van der Waals surface area contributed by atoms with Crippen molar-refractivity contribution in [1.82, 2.24) is 0 Å². The fraction of sp³-hybridized carbons (Fsp3) is 0.429. The van der Waals surface area contributed by atoms with E-state index in [1.54, 1.807) is 6.92 Å². The van der Waals surface area contributed by atoms with Crippen LogP contribution >= 0.6 is 0 Å². The molecule has 22 heavy (non-hydrogen) atoms. The van der Waals surface area contributed by atoms with Gasteiger partial charge in [-0.15, -0.1) is 0 Å². The maximum absolute atomic E-state index is 14.2. The van der Waals surface area contributed by atoms with Crippen LogP contribution in [0.3, 0.4) is 0 Å². The first-order chi connectivity index (χ1) is 10.1. The number of halogens is 1. The van der Waals surface area contributed by atoms with E-state index in [0.29, 0.717) is 0 Å². The van der Waals surface area contributed by atoms with Gasteiger partial charge in [0.2, 0.25) is 5.91 Å². The summed E-state index contributed by atoms with van der Waals surface area (Å²) in [7, 11) is -3.44. The van der Waals surface area contributed by atoms with Gasteiger partial charge in [0.1, 0.15) is 16.9 Å². The van der Waals surface area contributed by atoms with Crippen LogP contribution in [-0.4, -0.2) is 31.2 Å². The van der Waals surface area contributed by atoms with Crippen molar-refractivity contribution >= 4 is 21.6 Å². The molecule has 1 aromatic rings. The van der Waals surface area contributed by atoms with Gasteiger partial charge in [-0.1, -0.05) is 0 Å². The van der Waals surface area contributed by atoms with Crippen molar-refractivity contribution in [3.63, 3.8) is 0 Å². The van der Waals surface area contributed by atoms with E-state index < -0.39 is 32.4 Å². The third kappa shape index (κ3) is 2.83. The van der Waals surface area contributed by atoms with Gasteiger partial charge in [0.05, 0.1) is 11.3 Å². The summed E-state index contributed by atoms with van der Waals surface area (Å²) in [5.41, 5.74) is 10.1. The van der Waals surface area contributed by atoms with E-state index in [2.05, 4.69) is 4.99 Å². The van der Waals surface area contributed by atoms with Crippen molar-refractivity contribution < 1.29 is 17.6 Å². The van der Waals surface area contributed by atoms with Crippen molar-refractivity contribution in [3.05, 3.63) is 35.1 Å². The summed E-state index contributed by atoms with van der Waals surface area (Å²) in [6.45, 7) is 3.05. The molecule has 0 aromatic heterocycles. The van der Waals surface area contributed by atoms with E-state index >= 15 is 0 Å². The number of amides is 1. The van der Waals surface area contributed by atoms with Crippen molar-refractivity contribution in [2.75, 3.05) is 5.75 Å². The Bertz CT molecular complexity index is 761. The Hall–Kier alpha value is -1.96. The summed E-state index contributed by atoms with van der Waals surface area (Å²) in [5, 5.41) is -0.920. The largest absolute Gasteiger partial charge is 0.386 e. The first-order valence-corrected chi connectivity index (χ1v) is 8.45. The molecular weight excluding hydrogens is 309 g/mol. The fourth-order valence-corrected chi connectivity index (χ4v) is 3.88. The van der Waals surface area contributed by atoms with Crippen molar-refractivity contribution in [2.24, 2.45) is 16.5 Å². The van der Waals surface area contributed by atoms with Gasteiger partial charge >= 0.3 is 0 Å². The van der Waals surface area contributed by atoms with Gasteiger partial charge in [0.25, 0.3) is 0 Å². The molecule has 0 aliphatic carbocycles. The highest BCUT2D eigenvalue weighted by molar-refractivity contribution is 7.92. The number of amidine groups is 1. The molecule has 0 bridgehead atoms. The van der Waals surface area contributed by atoms with E-state index in [1.165, 1.54) is 19.1 Å². The lowest BCUT2D eigenvalue weighted by molar-refractivity contribution is 0.1000. The maximum atomic E-state index is 14.2. The third-order valence-corrected chi connectivity index (χ3v) is 6.13. The lowest BCUT2D eigenvalue weighted by Gasteiger charge is -2.25. The Kier molecular flexibility index (Phi) is 3.99. The predicted molar refractivity (Wildman–Crippen MR) is 81.8 cm³/mol. The van der Waals surface area contributed by atoms with E-state index in [-0.39, 0.29) is 29.1 Å². The molecule has 1 aromatic carbocycles. The quantitative estimate of drug-likeness (QED) is 0.832. The zero-order valence-electron chi connectivity index (χ0n) is 12.3. The van der Waals surface area contributed by atoms with Gasteiger partial charge in [0, 0.05) is 11.1 Å². The highest BCUT2D eigenvalue weighted by atomic mass is 32.2. The summed E-state index contributed by atoms with van der Waals surface area (Å²) in [6, 6.07) is 3.69. The number of hydrogen-bond donors (Lipinski definition) is 2. The number of carbonyl (C=O) groups excluding carboxylic acids is 1. The summed E-state index contributed by atoms with van der Waals surface area (Å²) < 4.78 is 38.3. The highest BCUT2D eigenvalue weighted by Crippen LogP contribution is 2.35. The average molecular weight is 327 g/mol. The van der Waals surface area contributed by atoms with Crippen LogP contribution in [0.4, 0.5) is 4.39 Å². The summed E-state index contributed by atoms with van der Waals surface area (Å²) in [6.07, 6.45) is 0.0690. The molecule has 0 spiro atoms. The second kappa shape index (κ2) is 5.35. The van der Waals surface area contributed by atoms with E-state index in [0.717, 1.165) is 6.07 Å². The Morgan fingerprint density at radius 1 is 1.45 bits per heavy atom. The molecule has 1 aliphatic rings. The number of carbonyl (C=O) groups is 1. The smallest absolute Gasteiger partial charge is 0.248 e. The van der Waals surface area contributed by atoms with Crippen molar-refractivity contribution in [3.8, 4) is 0 Å². The first kappa shape index (κ1) is 16.4. The maximum Gasteiger partial charge on any atom is 0.248 e. The molecule has 8 heteroatoms. The number of rotatable bonds is 2. The second-order valence-corrected chi connectivity index (χ2v) is 8.07. The molecule has 1 unspecified atom stereocenters. The predicted octanol–water partition coefficient (Wildman–Crippen LogP) is 0.704. The van der Waals surface area contributed by atoms with Crippen molar-refractivity contribution in [1.29, 1.82) is 0 Å². The Balaban J connectivity index is 2.60.